The van der Waals surface area contributed by atoms with Crippen molar-refractivity contribution in [2.45, 2.75) is 31.5 Å². The van der Waals surface area contributed by atoms with Crippen molar-refractivity contribution >= 4 is 0 Å². The number of alkyl halides is 3. The second-order valence-electron chi connectivity index (χ2n) is 2.48. The van der Waals surface area contributed by atoms with E-state index < -0.39 is 12.8 Å². The van der Waals surface area contributed by atoms with Crippen molar-refractivity contribution in [1.29, 1.82) is 0 Å². The molecule has 1 rings (SSSR count). The first-order valence-corrected chi connectivity index (χ1v) is 3.26. The van der Waals surface area contributed by atoms with Gasteiger partial charge >= 0.3 is 6.18 Å². The SMILES string of the molecule is FC(F)(F)COC1CCC1. The molecule has 0 radical (unpaired) electrons. The van der Waals surface area contributed by atoms with Gasteiger partial charge in [0.1, 0.15) is 6.61 Å². The molecule has 0 unspecified atom stereocenters. The van der Waals surface area contributed by atoms with Crippen molar-refractivity contribution in [3.05, 3.63) is 0 Å². The predicted molar refractivity (Wildman–Crippen MR) is 29.6 cm³/mol. The first-order chi connectivity index (χ1) is 4.58. The van der Waals surface area contributed by atoms with Gasteiger partial charge in [-0.15, -0.1) is 0 Å². The van der Waals surface area contributed by atoms with E-state index in [1.165, 1.54) is 0 Å². The van der Waals surface area contributed by atoms with E-state index in [1.54, 1.807) is 0 Å². The van der Waals surface area contributed by atoms with E-state index in [4.69, 9.17) is 0 Å². The van der Waals surface area contributed by atoms with Gasteiger partial charge in [0, 0.05) is 0 Å². The molecule has 0 spiro atoms. The van der Waals surface area contributed by atoms with Gasteiger partial charge in [0.15, 0.2) is 0 Å². The minimum Gasteiger partial charge on any atom is -0.369 e. The van der Waals surface area contributed by atoms with Gasteiger partial charge < -0.3 is 4.74 Å². The summed E-state index contributed by atoms with van der Waals surface area (Å²) in [5, 5.41) is 0. The summed E-state index contributed by atoms with van der Waals surface area (Å²) >= 11 is 0. The topological polar surface area (TPSA) is 9.23 Å². The number of halogens is 3. The molecule has 60 valence electrons. The molecule has 1 aliphatic carbocycles. The summed E-state index contributed by atoms with van der Waals surface area (Å²) in [6.07, 6.45) is -1.70. The third kappa shape index (κ3) is 2.56. The third-order valence-electron chi connectivity index (χ3n) is 1.53. The standard InChI is InChI=1S/C6H9F3O/c7-6(8,9)4-10-5-2-1-3-5/h5H,1-4H2. The molecule has 1 fully saturated rings. The van der Waals surface area contributed by atoms with E-state index in [-0.39, 0.29) is 6.10 Å². The van der Waals surface area contributed by atoms with Crippen LogP contribution < -0.4 is 0 Å². The zero-order valence-electron chi connectivity index (χ0n) is 5.45. The predicted octanol–water partition coefficient (Wildman–Crippen LogP) is 2.12. The van der Waals surface area contributed by atoms with Crippen LogP contribution in [0.1, 0.15) is 19.3 Å². The smallest absolute Gasteiger partial charge is 0.369 e. The van der Waals surface area contributed by atoms with E-state index in [2.05, 4.69) is 4.74 Å². The van der Waals surface area contributed by atoms with E-state index in [0.29, 0.717) is 0 Å². The summed E-state index contributed by atoms with van der Waals surface area (Å²) in [6.45, 7) is -1.09. The second-order valence-corrected chi connectivity index (χ2v) is 2.48. The molecule has 1 aliphatic rings. The Kier molecular flexibility index (Phi) is 2.18. The Morgan fingerprint density at radius 1 is 1.30 bits per heavy atom. The fraction of sp³-hybridized carbons (Fsp3) is 1.00. The molecule has 0 amide bonds. The van der Waals surface area contributed by atoms with Crippen LogP contribution in [0.15, 0.2) is 0 Å². The van der Waals surface area contributed by atoms with Crippen LogP contribution in [0.4, 0.5) is 13.2 Å². The van der Waals surface area contributed by atoms with Gasteiger partial charge in [0.2, 0.25) is 0 Å². The lowest BCUT2D eigenvalue weighted by atomic mass is 9.96. The maximum Gasteiger partial charge on any atom is 0.411 e. The van der Waals surface area contributed by atoms with Gasteiger partial charge in [-0.25, -0.2) is 0 Å². The van der Waals surface area contributed by atoms with E-state index in [1.807, 2.05) is 0 Å². The van der Waals surface area contributed by atoms with Crippen molar-refractivity contribution in [1.82, 2.24) is 0 Å². The fourth-order valence-electron chi connectivity index (χ4n) is 0.750. The van der Waals surface area contributed by atoms with Gasteiger partial charge in [-0.1, -0.05) is 0 Å². The van der Waals surface area contributed by atoms with Crippen LogP contribution in [0, 0.1) is 0 Å². The number of ether oxygens (including phenoxy) is 1. The van der Waals surface area contributed by atoms with E-state index in [9.17, 15) is 13.2 Å². The molecule has 0 aromatic heterocycles. The molecule has 1 nitrogen and oxygen atoms in total. The second kappa shape index (κ2) is 2.78. The number of hydrogen-bond donors (Lipinski definition) is 0. The Labute approximate surface area is 57.2 Å². The molecule has 0 atom stereocenters. The molecule has 0 saturated heterocycles. The number of hydrogen-bond acceptors (Lipinski definition) is 1. The van der Waals surface area contributed by atoms with Crippen LogP contribution in [-0.2, 0) is 4.74 Å². The fourth-order valence-corrected chi connectivity index (χ4v) is 0.750. The summed E-state index contributed by atoms with van der Waals surface area (Å²) in [5.74, 6) is 0. The van der Waals surface area contributed by atoms with Crippen LogP contribution in [0.3, 0.4) is 0 Å². The van der Waals surface area contributed by atoms with Crippen LogP contribution >= 0.6 is 0 Å². The van der Waals surface area contributed by atoms with Crippen molar-refractivity contribution in [2.75, 3.05) is 6.61 Å². The summed E-state index contributed by atoms with van der Waals surface area (Å²) in [7, 11) is 0. The Balaban J connectivity index is 2.04. The summed E-state index contributed by atoms with van der Waals surface area (Å²) in [4.78, 5) is 0. The molecule has 0 aromatic carbocycles. The molecule has 0 N–H and O–H groups in total. The monoisotopic (exact) mass is 154 g/mol. The first kappa shape index (κ1) is 7.85. The van der Waals surface area contributed by atoms with Crippen LogP contribution in [0.25, 0.3) is 0 Å². The van der Waals surface area contributed by atoms with Crippen molar-refractivity contribution < 1.29 is 17.9 Å². The van der Waals surface area contributed by atoms with E-state index in [0.717, 1.165) is 19.3 Å². The maximum absolute atomic E-state index is 11.5. The minimum atomic E-state index is -4.16. The molecule has 1 saturated carbocycles. The van der Waals surface area contributed by atoms with Gasteiger partial charge in [0.25, 0.3) is 0 Å². The zero-order valence-corrected chi connectivity index (χ0v) is 5.45. The van der Waals surface area contributed by atoms with Crippen LogP contribution in [0.2, 0.25) is 0 Å². The largest absolute Gasteiger partial charge is 0.411 e. The average molecular weight is 154 g/mol. The lowest BCUT2D eigenvalue weighted by molar-refractivity contribution is -0.192. The van der Waals surface area contributed by atoms with Crippen LogP contribution in [-0.4, -0.2) is 18.9 Å². The van der Waals surface area contributed by atoms with Crippen molar-refractivity contribution in [2.24, 2.45) is 0 Å². The van der Waals surface area contributed by atoms with Gasteiger partial charge in [0.05, 0.1) is 6.10 Å². The number of rotatable bonds is 2. The summed E-state index contributed by atoms with van der Waals surface area (Å²) in [6, 6.07) is 0. The first-order valence-electron chi connectivity index (χ1n) is 3.26. The molecule has 0 aliphatic heterocycles. The Hall–Kier alpha value is -0.250. The minimum absolute atomic E-state index is 0.123. The zero-order chi connectivity index (χ0) is 7.61. The quantitative estimate of drug-likeness (QED) is 0.592. The molecule has 10 heavy (non-hydrogen) atoms. The molecular weight excluding hydrogens is 145 g/mol. The summed E-state index contributed by atoms with van der Waals surface area (Å²) in [5.41, 5.74) is 0. The molecular formula is C6H9F3O. The molecule has 0 aromatic rings. The van der Waals surface area contributed by atoms with Gasteiger partial charge in [-0.05, 0) is 19.3 Å². The molecule has 0 bridgehead atoms. The normalized spacial score (nSPS) is 20.7. The highest BCUT2D eigenvalue weighted by molar-refractivity contribution is 4.69. The highest BCUT2D eigenvalue weighted by Crippen LogP contribution is 2.24. The highest BCUT2D eigenvalue weighted by Gasteiger charge is 2.30. The maximum atomic E-state index is 11.5. The molecule has 0 heterocycles. The summed E-state index contributed by atoms with van der Waals surface area (Å²) < 4.78 is 38.9. The lowest BCUT2D eigenvalue weighted by Gasteiger charge is -2.25. The van der Waals surface area contributed by atoms with E-state index >= 15 is 0 Å². The van der Waals surface area contributed by atoms with Gasteiger partial charge in [-0.3, -0.25) is 0 Å². The highest BCUT2D eigenvalue weighted by atomic mass is 19.4. The van der Waals surface area contributed by atoms with Gasteiger partial charge in [-0.2, -0.15) is 13.2 Å². The average Bonchev–Trinajstić information content (AvgIpc) is 1.56. The Bertz CT molecular complexity index is 106. The third-order valence-corrected chi connectivity index (χ3v) is 1.53. The van der Waals surface area contributed by atoms with Crippen LogP contribution in [0.5, 0.6) is 0 Å². The van der Waals surface area contributed by atoms with Crippen molar-refractivity contribution in [3.63, 3.8) is 0 Å². The Morgan fingerprint density at radius 2 is 1.90 bits per heavy atom. The molecule has 4 heteroatoms. The lowest BCUT2D eigenvalue weighted by Crippen LogP contribution is -2.27. The van der Waals surface area contributed by atoms with Crippen molar-refractivity contribution in [3.8, 4) is 0 Å². The Morgan fingerprint density at radius 3 is 2.20 bits per heavy atom.